The molecule has 0 atom stereocenters. The van der Waals surface area contributed by atoms with Crippen molar-refractivity contribution in [2.24, 2.45) is 0 Å². The van der Waals surface area contributed by atoms with Gasteiger partial charge in [-0.3, -0.25) is 14.5 Å². The standard InChI is InChI=1S/C20H19NO4S/c1-13-6-4-5-7-15(13)12-21-19(22)18(26-20(21)23)11-14-8-9-16(24-2)17(10-14)25-3/h4-11H,12H2,1-3H3/b18-11-. The van der Waals surface area contributed by atoms with Gasteiger partial charge in [0.1, 0.15) is 0 Å². The summed E-state index contributed by atoms with van der Waals surface area (Å²) in [4.78, 5) is 26.7. The molecular weight excluding hydrogens is 350 g/mol. The van der Waals surface area contributed by atoms with E-state index in [0.29, 0.717) is 16.4 Å². The number of carbonyl (C=O) groups excluding carboxylic acids is 2. The van der Waals surface area contributed by atoms with Gasteiger partial charge in [-0.05, 0) is 53.6 Å². The van der Waals surface area contributed by atoms with Crippen molar-refractivity contribution in [2.75, 3.05) is 14.2 Å². The monoisotopic (exact) mass is 369 g/mol. The smallest absolute Gasteiger partial charge is 0.293 e. The van der Waals surface area contributed by atoms with Gasteiger partial charge in [0.25, 0.3) is 11.1 Å². The van der Waals surface area contributed by atoms with Crippen LogP contribution in [0.5, 0.6) is 11.5 Å². The Bertz CT molecular complexity index is 891. The molecule has 3 rings (SSSR count). The highest BCUT2D eigenvalue weighted by Gasteiger charge is 2.35. The van der Waals surface area contributed by atoms with Crippen LogP contribution in [0.15, 0.2) is 47.4 Å². The summed E-state index contributed by atoms with van der Waals surface area (Å²) in [5.41, 5.74) is 2.78. The van der Waals surface area contributed by atoms with Crippen LogP contribution in [-0.2, 0) is 11.3 Å². The average Bonchev–Trinajstić information content (AvgIpc) is 2.90. The summed E-state index contributed by atoms with van der Waals surface area (Å²) >= 11 is 0.952. The van der Waals surface area contributed by atoms with E-state index in [0.717, 1.165) is 28.5 Å². The van der Waals surface area contributed by atoms with Crippen LogP contribution in [0.25, 0.3) is 6.08 Å². The molecule has 0 unspecified atom stereocenters. The summed E-state index contributed by atoms with van der Waals surface area (Å²) in [5, 5.41) is -0.259. The van der Waals surface area contributed by atoms with E-state index < -0.39 is 0 Å². The number of carbonyl (C=O) groups is 2. The minimum Gasteiger partial charge on any atom is -0.493 e. The van der Waals surface area contributed by atoms with Crippen LogP contribution in [-0.4, -0.2) is 30.3 Å². The van der Waals surface area contributed by atoms with Crippen molar-refractivity contribution >= 4 is 29.0 Å². The fourth-order valence-electron chi connectivity index (χ4n) is 2.69. The van der Waals surface area contributed by atoms with E-state index in [1.807, 2.05) is 37.3 Å². The first-order valence-corrected chi connectivity index (χ1v) is 8.87. The molecular formula is C20H19NO4S. The number of thioether (sulfide) groups is 1. The van der Waals surface area contributed by atoms with Crippen LogP contribution in [0.2, 0.25) is 0 Å². The number of hydrogen-bond acceptors (Lipinski definition) is 5. The number of nitrogens with zero attached hydrogens (tertiary/aromatic N) is 1. The van der Waals surface area contributed by atoms with Crippen molar-refractivity contribution in [3.63, 3.8) is 0 Å². The van der Waals surface area contributed by atoms with Crippen molar-refractivity contribution in [2.45, 2.75) is 13.5 Å². The normalized spacial score (nSPS) is 15.7. The third-order valence-electron chi connectivity index (χ3n) is 4.17. The lowest BCUT2D eigenvalue weighted by molar-refractivity contribution is -0.123. The van der Waals surface area contributed by atoms with Crippen molar-refractivity contribution in [1.82, 2.24) is 4.90 Å². The summed E-state index contributed by atoms with van der Waals surface area (Å²) in [6.45, 7) is 2.24. The second-order valence-corrected chi connectivity index (χ2v) is 6.80. The van der Waals surface area contributed by atoms with Gasteiger partial charge in [0.05, 0.1) is 25.7 Å². The van der Waals surface area contributed by atoms with Gasteiger partial charge in [-0.2, -0.15) is 0 Å². The molecule has 2 aromatic rings. The molecule has 1 saturated heterocycles. The van der Waals surface area contributed by atoms with Crippen molar-refractivity contribution < 1.29 is 19.1 Å². The number of imide groups is 1. The molecule has 1 fully saturated rings. The van der Waals surface area contributed by atoms with E-state index >= 15 is 0 Å². The fraction of sp³-hybridized carbons (Fsp3) is 0.200. The van der Waals surface area contributed by atoms with Crippen LogP contribution in [0.1, 0.15) is 16.7 Å². The molecule has 26 heavy (non-hydrogen) atoms. The maximum atomic E-state index is 12.7. The van der Waals surface area contributed by atoms with E-state index in [9.17, 15) is 9.59 Å². The first kappa shape index (κ1) is 18.1. The van der Waals surface area contributed by atoms with Gasteiger partial charge in [0, 0.05) is 0 Å². The van der Waals surface area contributed by atoms with E-state index in [2.05, 4.69) is 0 Å². The minimum absolute atomic E-state index is 0.259. The van der Waals surface area contributed by atoms with Crippen LogP contribution in [0.4, 0.5) is 4.79 Å². The predicted octanol–water partition coefficient (Wildman–Crippen LogP) is 4.25. The van der Waals surface area contributed by atoms with Crippen LogP contribution in [0, 0.1) is 6.92 Å². The van der Waals surface area contributed by atoms with Gasteiger partial charge >= 0.3 is 0 Å². The fourth-order valence-corrected chi connectivity index (χ4v) is 3.53. The molecule has 0 bridgehead atoms. The first-order chi connectivity index (χ1) is 12.5. The molecule has 134 valence electrons. The summed E-state index contributed by atoms with van der Waals surface area (Å²) < 4.78 is 10.5. The van der Waals surface area contributed by atoms with Gasteiger partial charge in [0.2, 0.25) is 0 Å². The number of benzene rings is 2. The number of methoxy groups -OCH3 is 2. The van der Waals surface area contributed by atoms with Crippen molar-refractivity contribution in [3.8, 4) is 11.5 Å². The third kappa shape index (κ3) is 3.60. The molecule has 1 heterocycles. The molecule has 0 N–H and O–H groups in total. The minimum atomic E-state index is -0.280. The Labute approximate surface area is 156 Å². The molecule has 0 radical (unpaired) electrons. The number of aryl methyl sites for hydroxylation is 1. The van der Waals surface area contributed by atoms with Crippen molar-refractivity contribution in [1.29, 1.82) is 0 Å². The first-order valence-electron chi connectivity index (χ1n) is 8.05. The second kappa shape index (κ2) is 7.66. The zero-order chi connectivity index (χ0) is 18.7. The van der Waals surface area contributed by atoms with Gasteiger partial charge in [-0.25, -0.2) is 0 Å². The molecule has 1 aliphatic rings. The van der Waals surface area contributed by atoms with Crippen LogP contribution >= 0.6 is 11.8 Å². The molecule has 0 aromatic heterocycles. The predicted molar refractivity (Wildman–Crippen MR) is 102 cm³/mol. The number of hydrogen-bond donors (Lipinski definition) is 0. The molecule has 6 heteroatoms. The lowest BCUT2D eigenvalue weighted by Gasteiger charge is -2.14. The molecule has 2 amide bonds. The molecule has 0 spiro atoms. The van der Waals surface area contributed by atoms with Gasteiger partial charge in [0.15, 0.2) is 11.5 Å². The van der Waals surface area contributed by atoms with Gasteiger partial charge in [-0.1, -0.05) is 30.3 Å². The van der Waals surface area contributed by atoms with Gasteiger partial charge < -0.3 is 9.47 Å². The highest BCUT2D eigenvalue weighted by molar-refractivity contribution is 8.18. The number of ether oxygens (including phenoxy) is 2. The summed E-state index contributed by atoms with van der Waals surface area (Å²) in [6, 6.07) is 13.1. The lowest BCUT2D eigenvalue weighted by Crippen LogP contribution is -2.27. The molecule has 0 saturated carbocycles. The second-order valence-electron chi connectivity index (χ2n) is 5.81. The Morgan fingerprint density at radius 2 is 1.77 bits per heavy atom. The highest BCUT2D eigenvalue weighted by atomic mass is 32.2. The Morgan fingerprint density at radius 3 is 2.46 bits per heavy atom. The molecule has 5 nitrogen and oxygen atoms in total. The quantitative estimate of drug-likeness (QED) is 0.738. The van der Waals surface area contributed by atoms with E-state index in [-0.39, 0.29) is 17.7 Å². The van der Waals surface area contributed by atoms with E-state index in [4.69, 9.17) is 9.47 Å². The SMILES string of the molecule is COc1ccc(/C=C2\SC(=O)N(Cc3ccccc3C)C2=O)cc1OC. The van der Waals surface area contributed by atoms with E-state index in [1.165, 1.54) is 4.90 Å². The summed E-state index contributed by atoms with van der Waals surface area (Å²) in [5.74, 6) is 0.899. The maximum absolute atomic E-state index is 12.7. The third-order valence-corrected chi connectivity index (χ3v) is 5.08. The number of rotatable bonds is 5. The summed E-state index contributed by atoms with van der Waals surface area (Å²) in [6.07, 6.45) is 1.70. The van der Waals surface area contributed by atoms with Crippen molar-refractivity contribution in [3.05, 3.63) is 64.1 Å². The zero-order valence-electron chi connectivity index (χ0n) is 14.8. The van der Waals surface area contributed by atoms with E-state index in [1.54, 1.807) is 32.4 Å². The van der Waals surface area contributed by atoms with Gasteiger partial charge in [-0.15, -0.1) is 0 Å². The van der Waals surface area contributed by atoms with Crippen LogP contribution in [0.3, 0.4) is 0 Å². The highest BCUT2D eigenvalue weighted by Crippen LogP contribution is 2.35. The molecule has 1 aliphatic heterocycles. The Balaban J connectivity index is 1.84. The Morgan fingerprint density at radius 1 is 1.04 bits per heavy atom. The lowest BCUT2D eigenvalue weighted by atomic mass is 10.1. The molecule has 0 aliphatic carbocycles. The Kier molecular flexibility index (Phi) is 5.32. The Hall–Kier alpha value is -2.73. The maximum Gasteiger partial charge on any atom is 0.293 e. The molecule has 2 aromatic carbocycles. The average molecular weight is 369 g/mol. The topological polar surface area (TPSA) is 55.8 Å². The van der Waals surface area contributed by atoms with Crippen LogP contribution < -0.4 is 9.47 Å². The largest absolute Gasteiger partial charge is 0.493 e. The summed E-state index contributed by atoms with van der Waals surface area (Å²) in [7, 11) is 3.12. The number of amides is 2. The zero-order valence-corrected chi connectivity index (χ0v) is 15.6.